The molecule has 1 amide bonds. The Morgan fingerprint density at radius 2 is 1.57 bits per heavy atom. The molecular formula is C21H16N2O4S. The molecule has 1 N–H and O–H groups in total. The molecule has 0 aliphatic rings. The van der Waals surface area contributed by atoms with Crippen molar-refractivity contribution in [3.05, 3.63) is 99.6 Å². The van der Waals surface area contributed by atoms with Gasteiger partial charge in [-0.3, -0.25) is 19.7 Å². The molecule has 0 bridgehead atoms. The van der Waals surface area contributed by atoms with Crippen LogP contribution in [0.3, 0.4) is 0 Å². The third-order valence-corrected chi connectivity index (χ3v) is 4.87. The maximum absolute atomic E-state index is 13.0. The van der Waals surface area contributed by atoms with Gasteiger partial charge in [0.1, 0.15) is 0 Å². The highest BCUT2D eigenvalue weighted by molar-refractivity contribution is 7.98. The van der Waals surface area contributed by atoms with Crippen LogP contribution < -0.4 is 5.32 Å². The zero-order chi connectivity index (χ0) is 20.1. The first-order valence-corrected chi connectivity index (χ1v) is 9.56. The molecule has 7 heteroatoms. The first kappa shape index (κ1) is 19.3. The zero-order valence-electron chi connectivity index (χ0n) is 14.9. The molecule has 0 saturated carbocycles. The number of nitrogens with zero attached hydrogens (tertiary/aromatic N) is 1. The standard InChI is InChI=1S/C21H16N2O4S/c1-28-19-12-11-14(13-18(19)23(26)27)20(24)16-9-5-6-10-17(16)21(25)22-15-7-3-2-4-8-15/h2-13H,1H3,(H,22,25). The van der Waals surface area contributed by atoms with Crippen molar-refractivity contribution in [1.82, 2.24) is 0 Å². The van der Waals surface area contributed by atoms with Crippen LogP contribution in [0.4, 0.5) is 11.4 Å². The largest absolute Gasteiger partial charge is 0.322 e. The van der Waals surface area contributed by atoms with E-state index in [1.165, 1.54) is 30.0 Å². The summed E-state index contributed by atoms with van der Waals surface area (Å²) < 4.78 is 0. The molecule has 6 nitrogen and oxygen atoms in total. The summed E-state index contributed by atoms with van der Waals surface area (Å²) in [7, 11) is 0. The molecule has 3 aromatic rings. The average Bonchev–Trinajstić information content (AvgIpc) is 2.73. The van der Waals surface area contributed by atoms with Crippen LogP contribution in [0.1, 0.15) is 26.3 Å². The highest BCUT2D eigenvalue weighted by atomic mass is 32.2. The van der Waals surface area contributed by atoms with Gasteiger partial charge in [0.2, 0.25) is 0 Å². The lowest BCUT2D eigenvalue weighted by Gasteiger charge is -2.10. The van der Waals surface area contributed by atoms with Gasteiger partial charge in [0, 0.05) is 22.9 Å². The molecule has 0 aliphatic carbocycles. The second kappa shape index (κ2) is 8.49. The van der Waals surface area contributed by atoms with E-state index in [1.54, 1.807) is 54.8 Å². The van der Waals surface area contributed by atoms with Gasteiger partial charge in [-0.1, -0.05) is 36.4 Å². The van der Waals surface area contributed by atoms with Crippen LogP contribution in [-0.2, 0) is 0 Å². The average molecular weight is 392 g/mol. The van der Waals surface area contributed by atoms with Gasteiger partial charge in [0.05, 0.1) is 15.4 Å². The van der Waals surface area contributed by atoms with Crippen molar-refractivity contribution < 1.29 is 14.5 Å². The Morgan fingerprint density at radius 1 is 0.929 bits per heavy atom. The summed E-state index contributed by atoms with van der Waals surface area (Å²) in [6.07, 6.45) is 1.73. The van der Waals surface area contributed by atoms with E-state index in [2.05, 4.69) is 5.32 Å². The van der Waals surface area contributed by atoms with Crippen molar-refractivity contribution >= 4 is 34.8 Å². The van der Waals surface area contributed by atoms with Crippen molar-refractivity contribution in [3.8, 4) is 0 Å². The predicted octanol–water partition coefficient (Wildman–Crippen LogP) is 4.80. The Hall–Kier alpha value is -3.45. The van der Waals surface area contributed by atoms with Gasteiger partial charge >= 0.3 is 0 Å². The molecule has 0 aliphatic heterocycles. The number of nitrogens with one attached hydrogen (secondary N) is 1. The highest BCUT2D eigenvalue weighted by Gasteiger charge is 2.21. The Morgan fingerprint density at radius 3 is 2.21 bits per heavy atom. The maximum Gasteiger partial charge on any atom is 0.283 e. The van der Waals surface area contributed by atoms with Crippen molar-refractivity contribution in [2.24, 2.45) is 0 Å². The second-order valence-corrected chi connectivity index (χ2v) is 6.69. The van der Waals surface area contributed by atoms with Crippen LogP contribution in [0.15, 0.2) is 77.7 Å². The van der Waals surface area contributed by atoms with E-state index in [4.69, 9.17) is 0 Å². The van der Waals surface area contributed by atoms with Gasteiger partial charge in [-0.05, 0) is 36.6 Å². The van der Waals surface area contributed by atoms with Crippen LogP contribution in [-0.4, -0.2) is 22.9 Å². The fourth-order valence-electron chi connectivity index (χ4n) is 2.73. The molecule has 0 unspecified atom stereocenters. The summed E-state index contributed by atoms with van der Waals surface area (Å²) in [5.74, 6) is -0.875. The van der Waals surface area contributed by atoms with Gasteiger partial charge in [0.15, 0.2) is 5.78 Å². The number of carbonyl (C=O) groups is 2. The summed E-state index contributed by atoms with van der Waals surface area (Å²) >= 11 is 1.23. The summed E-state index contributed by atoms with van der Waals surface area (Å²) in [4.78, 5) is 36.9. The smallest absolute Gasteiger partial charge is 0.283 e. The monoisotopic (exact) mass is 392 g/mol. The molecule has 0 radical (unpaired) electrons. The number of amides is 1. The van der Waals surface area contributed by atoms with Gasteiger partial charge in [-0.2, -0.15) is 0 Å². The number of para-hydroxylation sites is 1. The van der Waals surface area contributed by atoms with E-state index in [-0.39, 0.29) is 22.4 Å². The molecule has 0 heterocycles. The van der Waals surface area contributed by atoms with E-state index in [1.807, 2.05) is 6.07 Å². The number of benzene rings is 3. The number of thioether (sulfide) groups is 1. The molecule has 28 heavy (non-hydrogen) atoms. The Kier molecular flexibility index (Phi) is 5.86. The Balaban J connectivity index is 1.96. The number of anilines is 1. The lowest BCUT2D eigenvalue weighted by atomic mass is 9.97. The van der Waals surface area contributed by atoms with Crippen LogP contribution in [0, 0.1) is 10.1 Å². The van der Waals surface area contributed by atoms with Crippen molar-refractivity contribution in [3.63, 3.8) is 0 Å². The van der Waals surface area contributed by atoms with E-state index >= 15 is 0 Å². The molecule has 0 saturated heterocycles. The molecule has 0 fully saturated rings. The lowest BCUT2D eigenvalue weighted by molar-refractivity contribution is -0.387. The highest BCUT2D eigenvalue weighted by Crippen LogP contribution is 2.29. The van der Waals surface area contributed by atoms with Crippen LogP contribution in [0.2, 0.25) is 0 Å². The number of ketones is 1. The number of nitro benzene ring substituents is 1. The van der Waals surface area contributed by atoms with Gasteiger partial charge < -0.3 is 5.32 Å². The Labute approximate surface area is 165 Å². The van der Waals surface area contributed by atoms with Crippen LogP contribution in [0.25, 0.3) is 0 Å². The van der Waals surface area contributed by atoms with Gasteiger partial charge in [-0.15, -0.1) is 11.8 Å². The molecule has 0 spiro atoms. The van der Waals surface area contributed by atoms with E-state index in [0.717, 1.165) is 0 Å². The quantitative estimate of drug-likeness (QED) is 0.282. The fraction of sp³-hybridized carbons (Fsp3) is 0.0476. The number of nitro groups is 1. The van der Waals surface area contributed by atoms with Crippen LogP contribution in [0.5, 0.6) is 0 Å². The van der Waals surface area contributed by atoms with Crippen molar-refractivity contribution in [1.29, 1.82) is 0 Å². The maximum atomic E-state index is 13.0. The third kappa shape index (κ3) is 4.10. The predicted molar refractivity (Wildman–Crippen MR) is 109 cm³/mol. The lowest BCUT2D eigenvalue weighted by Crippen LogP contribution is -2.17. The molecule has 0 aromatic heterocycles. The van der Waals surface area contributed by atoms with Crippen molar-refractivity contribution in [2.75, 3.05) is 11.6 Å². The zero-order valence-corrected chi connectivity index (χ0v) is 15.7. The van der Waals surface area contributed by atoms with Crippen LogP contribution >= 0.6 is 11.8 Å². The van der Waals surface area contributed by atoms with Gasteiger partial charge in [0.25, 0.3) is 11.6 Å². The first-order valence-electron chi connectivity index (χ1n) is 8.34. The molecule has 3 aromatic carbocycles. The normalized spacial score (nSPS) is 10.3. The molecular weight excluding hydrogens is 376 g/mol. The van der Waals surface area contributed by atoms with Gasteiger partial charge in [-0.25, -0.2) is 0 Å². The minimum Gasteiger partial charge on any atom is -0.322 e. The number of hydrogen-bond donors (Lipinski definition) is 1. The van der Waals surface area contributed by atoms with E-state index in [9.17, 15) is 19.7 Å². The summed E-state index contributed by atoms with van der Waals surface area (Å²) in [6, 6.07) is 19.6. The van der Waals surface area contributed by atoms with E-state index < -0.39 is 16.6 Å². The minimum absolute atomic E-state index is 0.135. The summed E-state index contributed by atoms with van der Waals surface area (Å²) in [5.41, 5.74) is 1.01. The fourth-order valence-corrected chi connectivity index (χ4v) is 3.28. The minimum atomic E-state index is -0.517. The SMILES string of the molecule is CSc1ccc(C(=O)c2ccccc2C(=O)Nc2ccccc2)cc1[N+](=O)[O-]. The Bertz CT molecular complexity index is 1050. The number of hydrogen-bond acceptors (Lipinski definition) is 5. The first-order chi connectivity index (χ1) is 13.5. The molecule has 3 rings (SSSR count). The third-order valence-electron chi connectivity index (χ3n) is 4.09. The summed E-state index contributed by atoms with van der Waals surface area (Å²) in [6.45, 7) is 0. The van der Waals surface area contributed by atoms with E-state index in [0.29, 0.717) is 10.6 Å². The molecule has 140 valence electrons. The number of rotatable bonds is 6. The molecule has 0 atom stereocenters. The second-order valence-electron chi connectivity index (χ2n) is 5.84. The summed E-state index contributed by atoms with van der Waals surface area (Å²) in [5, 5.41) is 14.0. The topological polar surface area (TPSA) is 89.3 Å². The van der Waals surface area contributed by atoms with Crippen molar-refractivity contribution in [2.45, 2.75) is 4.90 Å². The number of carbonyl (C=O) groups excluding carboxylic acids is 2.